The molecule has 1 fully saturated rings. The van der Waals surface area contributed by atoms with Crippen molar-refractivity contribution in [2.45, 2.75) is 52.0 Å². The quantitative estimate of drug-likeness (QED) is 0.731. The minimum atomic E-state index is 0.336. The number of fused-ring (bicyclic) bond motifs is 1. The molecular weight excluding hydrogens is 268 g/mol. The highest BCUT2D eigenvalue weighted by atomic mass is 35.5. The molecule has 20 heavy (non-hydrogen) atoms. The standard InChI is InChI=1S/C17H23ClN2/c1-17(2)11-6-5-9-15(17)20-14-8-4-3-7-13(14)19-16(20)10-12-18/h3-4,7-8,15H,5-6,9-12H2,1-2H3. The first kappa shape index (κ1) is 13.9. The topological polar surface area (TPSA) is 17.8 Å². The van der Waals surface area contributed by atoms with Crippen molar-refractivity contribution in [2.24, 2.45) is 5.41 Å². The fraction of sp³-hybridized carbons (Fsp3) is 0.588. The molecule has 0 radical (unpaired) electrons. The van der Waals surface area contributed by atoms with E-state index in [9.17, 15) is 0 Å². The summed E-state index contributed by atoms with van der Waals surface area (Å²) in [5, 5.41) is 0. The monoisotopic (exact) mass is 290 g/mol. The Bertz CT molecular complexity index is 600. The van der Waals surface area contributed by atoms with E-state index < -0.39 is 0 Å². The van der Waals surface area contributed by atoms with Crippen LogP contribution in [-0.2, 0) is 6.42 Å². The molecule has 1 aliphatic rings. The number of hydrogen-bond donors (Lipinski definition) is 0. The molecule has 3 heteroatoms. The van der Waals surface area contributed by atoms with Crippen molar-refractivity contribution >= 4 is 22.6 Å². The van der Waals surface area contributed by atoms with Crippen molar-refractivity contribution in [1.82, 2.24) is 9.55 Å². The van der Waals surface area contributed by atoms with Gasteiger partial charge in [0.2, 0.25) is 0 Å². The average Bonchev–Trinajstić information content (AvgIpc) is 2.77. The number of aryl methyl sites for hydroxylation is 1. The van der Waals surface area contributed by atoms with Gasteiger partial charge in [0.15, 0.2) is 0 Å². The number of nitrogens with zero attached hydrogens (tertiary/aromatic N) is 2. The van der Waals surface area contributed by atoms with Crippen LogP contribution in [0, 0.1) is 5.41 Å². The Morgan fingerprint density at radius 2 is 2.10 bits per heavy atom. The molecule has 2 nitrogen and oxygen atoms in total. The van der Waals surface area contributed by atoms with Crippen LogP contribution >= 0.6 is 11.6 Å². The average molecular weight is 291 g/mol. The number of alkyl halides is 1. The maximum Gasteiger partial charge on any atom is 0.111 e. The summed E-state index contributed by atoms with van der Waals surface area (Å²) < 4.78 is 2.48. The second-order valence-corrected chi connectivity index (χ2v) is 6.95. The molecule has 1 aliphatic carbocycles. The van der Waals surface area contributed by atoms with E-state index in [1.165, 1.54) is 31.2 Å². The summed E-state index contributed by atoms with van der Waals surface area (Å²) >= 11 is 5.99. The maximum absolute atomic E-state index is 5.99. The largest absolute Gasteiger partial charge is 0.324 e. The lowest BCUT2D eigenvalue weighted by molar-refractivity contribution is 0.145. The van der Waals surface area contributed by atoms with Crippen LogP contribution in [0.15, 0.2) is 24.3 Å². The number of aromatic nitrogens is 2. The summed E-state index contributed by atoms with van der Waals surface area (Å²) in [7, 11) is 0. The highest BCUT2D eigenvalue weighted by Gasteiger charge is 2.35. The van der Waals surface area contributed by atoms with Crippen LogP contribution in [0.4, 0.5) is 0 Å². The number of rotatable bonds is 3. The number of hydrogen-bond acceptors (Lipinski definition) is 1. The summed E-state index contributed by atoms with van der Waals surface area (Å²) in [6, 6.07) is 9.03. The predicted octanol–water partition coefficient (Wildman–Crippen LogP) is 4.96. The Labute approximate surface area is 126 Å². The van der Waals surface area contributed by atoms with Crippen molar-refractivity contribution in [3.63, 3.8) is 0 Å². The van der Waals surface area contributed by atoms with Gasteiger partial charge in [0.1, 0.15) is 5.82 Å². The fourth-order valence-electron chi connectivity index (χ4n) is 3.66. The van der Waals surface area contributed by atoms with Crippen LogP contribution in [0.1, 0.15) is 51.4 Å². The van der Waals surface area contributed by atoms with Crippen LogP contribution in [0.2, 0.25) is 0 Å². The molecule has 0 saturated heterocycles. The smallest absolute Gasteiger partial charge is 0.111 e. The van der Waals surface area contributed by atoms with Gasteiger partial charge >= 0.3 is 0 Å². The first-order valence-corrected chi connectivity index (χ1v) is 8.19. The second kappa shape index (κ2) is 5.40. The van der Waals surface area contributed by atoms with Crippen LogP contribution in [-0.4, -0.2) is 15.4 Å². The second-order valence-electron chi connectivity index (χ2n) is 6.58. The van der Waals surface area contributed by atoms with Crippen molar-refractivity contribution in [3.05, 3.63) is 30.1 Å². The molecule has 0 amide bonds. The summed E-state index contributed by atoms with van der Waals surface area (Å²) in [6.45, 7) is 4.80. The minimum Gasteiger partial charge on any atom is -0.324 e. The van der Waals surface area contributed by atoms with Gasteiger partial charge in [-0.05, 0) is 30.4 Å². The van der Waals surface area contributed by atoms with Crippen LogP contribution in [0.25, 0.3) is 11.0 Å². The normalized spacial score (nSPS) is 22.2. The molecule has 1 atom stereocenters. The minimum absolute atomic E-state index is 0.336. The van der Waals surface area contributed by atoms with E-state index in [0.29, 0.717) is 17.3 Å². The van der Waals surface area contributed by atoms with Gasteiger partial charge in [0.05, 0.1) is 11.0 Å². The molecular formula is C17H23ClN2. The molecule has 108 valence electrons. The van der Waals surface area contributed by atoms with E-state index in [1.54, 1.807) is 0 Å². The maximum atomic E-state index is 5.99. The number of halogens is 1. The Balaban J connectivity index is 2.14. The van der Waals surface area contributed by atoms with Gasteiger partial charge in [0, 0.05) is 18.3 Å². The Kier molecular flexibility index (Phi) is 3.76. The zero-order valence-electron chi connectivity index (χ0n) is 12.4. The van der Waals surface area contributed by atoms with Gasteiger partial charge < -0.3 is 4.57 Å². The first-order chi connectivity index (χ1) is 9.63. The van der Waals surface area contributed by atoms with Crippen molar-refractivity contribution in [1.29, 1.82) is 0 Å². The molecule has 3 rings (SSSR count). The molecule has 1 saturated carbocycles. The van der Waals surface area contributed by atoms with Crippen LogP contribution < -0.4 is 0 Å². The SMILES string of the molecule is CC1(C)CCCCC1n1c(CCCl)nc2ccccc21. The van der Waals surface area contributed by atoms with Gasteiger partial charge in [-0.3, -0.25) is 0 Å². The molecule has 1 aromatic heterocycles. The third-order valence-electron chi connectivity index (χ3n) is 4.75. The lowest BCUT2D eigenvalue weighted by Gasteiger charge is -2.40. The van der Waals surface area contributed by atoms with Crippen LogP contribution in [0.3, 0.4) is 0 Å². The number of benzene rings is 1. The van der Waals surface area contributed by atoms with E-state index in [2.05, 4.69) is 42.7 Å². The highest BCUT2D eigenvalue weighted by Crippen LogP contribution is 2.45. The lowest BCUT2D eigenvalue weighted by atomic mass is 9.73. The first-order valence-electron chi connectivity index (χ1n) is 7.65. The number of imidazole rings is 1. The Hall–Kier alpha value is -1.02. The van der Waals surface area contributed by atoms with Crippen molar-refractivity contribution < 1.29 is 0 Å². The van der Waals surface area contributed by atoms with Gasteiger partial charge in [-0.1, -0.05) is 38.8 Å². The summed E-state index contributed by atoms with van der Waals surface area (Å²) in [5.41, 5.74) is 2.71. The Morgan fingerprint density at radius 3 is 2.85 bits per heavy atom. The van der Waals surface area contributed by atoms with E-state index >= 15 is 0 Å². The molecule has 0 N–H and O–H groups in total. The van der Waals surface area contributed by atoms with Crippen molar-refractivity contribution in [2.75, 3.05) is 5.88 Å². The van der Waals surface area contributed by atoms with Gasteiger partial charge in [-0.15, -0.1) is 11.6 Å². The number of para-hydroxylation sites is 2. The van der Waals surface area contributed by atoms with E-state index in [-0.39, 0.29) is 0 Å². The lowest BCUT2D eigenvalue weighted by Crippen LogP contribution is -2.31. The Morgan fingerprint density at radius 1 is 1.30 bits per heavy atom. The fourth-order valence-corrected chi connectivity index (χ4v) is 3.83. The molecule has 1 aromatic carbocycles. The third-order valence-corrected chi connectivity index (χ3v) is 4.94. The summed E-state index contributed by atoms with van der Waals surface area (Å²) in [6.07, 6.45) is 6.07. The van der Waals surface area contributed by atoms with E-state index in [0.717, 1.165) is 17.8 Å². The molecule has 1 unspecified atom stereocenters. The molecule has 0 spiro atoms. The molecule has 1 heterocycles. The van der Waals surface area contributed by atoms with Crippen LogP contribution in [0.5, 0.6) is 0 Å². The van der Waals surface area contributed by atoms with Gasteiger partial charge in [-0.2, -0.15) is 0 Å². The summed E-state index contributed by atoms with van der Waals surface area (Å²) in [5.74, 6) is 1.79. The van der Waals surface area contributed by atoms with Gasteiger partial charge in [0.25, 0.3) is 0 Å². The zero-order valence-corrected chi connectivity index (χ0v) is 13.2. The third kappa shape index (κ3) is 2.35. The van der Waals surface area contributed by atoms with E-state index in [1.807, 2.05) is 0 Å². The van der Waals surface area contributed by atoms with E-state index in [4.69, 9.17) is 16.6 Å². The molecule has 2 aromatic rings. The summed E-state index contributed by atoms with van der Waals surface area (Å²) in [4.78, 5) is 4.82. The van der Waals surface area contributed by atoms with Gasteiger partial charge in [-0.25, -0.2) is 4.98 Å². The van der Waals surface area contributed by atoms with Crippen molar-refractivity contribution in [3.8, 4) is 0 Å². The predicted molar refractivity (Wildman–Crippen MR) is 85.4 cm³/mol. The molecule has 0 aliphatic heterocycles. The highest BCUT2D eigenvalue weighted by molar-refractivity contribution is 6.17. The molecule has 0 bridgehead atoms. The zero-order chi connectivity index (χ0) is 14.2.